The molecular weight excluding hydrogens is 424 g/mol. The Bertz CT molecular complexity index is 1340. The molecule has 2 atom stereocenters. The van der Waals surface area contributed by atoms with E-state index < -0.39 is 6.04 Å². The van der Waals surface area contributed by atoms with Crippen LogP contribution in [0.3, 0.4) is 0 Å². The smallest absolute Gasteiger partial charge is 0.255 e. The topological polar surface area (TPSA) is 66.2 Å². The Morgan fingerprint density at radius 1 is 0.618 bits per heavy atom. The van der Waals surface area contributed by atoms with Gasteiger partial charge in [0.05, 0.1) is 6.04 Å². The van der Waals surface area contributed by atoms with Crippen LogP contribution in [0.2, 0.25) is 0 Å². The highest BCUT2D eigenvalue weighted by Crippen LogP contribution is 2.46. The number of Topliss-reactive ketones (excluding diaryl/α,β-unsaturated/α-hetero) is 1. The summed E-state index contributed by atoms with van der Waals surface area (Å²) in [5.74, 6) is -0.591. The molecule has 34 heavy (non-hydrogen) atoms. The maximum Gasteiger partial charge on any atom is 0.255 e. The normalized spacial score (nSPS) is 16.5. The van der Waals surface area contributed by atoms with Gasteiger partial charge in [0.2, 0.25) is 0 Å². The SMILES string of the molecule is O=C(Nc1cccc(C(=O)N2[C@H](C(=O)c3ccccc3)[C@@H]2c2ccccc2)c1)c1ccccc1. The molecule has 1 N–H and O–H groups in total. The van der Waals surface area contributed by atoms with Crippen LogP contribution in [-0.4, -0.2) is 28.5 Å². The molecule has 0 spiro atoms. The summed E-state index contributed by atoms with van der Waals surface area (Å²) >= 11 is 0. The average Bonchev–Trinajstić information content (AvgIpc) is 3.65. The van der Waals surface area contributed by atoms with Crippen LogP contribution in [0.25, 0.3) is 0 Å². The van der Waals surface area contributed by atoms with E-state index in [9.17, 15) is 14.4 Å². The first-order valence-corrected chi connectivity index (χ1v) is 11.1. The first-order chi connectivity index (χ1) is 16.6. The number of ketones is 1. The predicted molar refractivity (Wildman–Crippen MR) is 131 cm³/mol. The number of amides is 2. The summed E-state index contributed by atoms with van der Waals surface area (Å²) < 4.78 is 0. The lowest BCUT2D eigenvalue weighted by molar-refractivity contribution is 0.0833. The van der Waals surface area contributed by atoms with E-state index in [4.69, 9.17) is 0 Å². The van der Waals surface area contributed by atoms with E-state index in [0.717, 1.165) is 5.56 Å². The van der Waals surface area contributed by atoms with Gasteiger partial charge in [0.15, 0.2) is 5.78 Å². The summed E-state index contributed by atoms with van der Waals surface area (Å²) in [5.41, 5.74) is 2.95. The second-order valence-electron chi connectivity index (χ2n) is 8.14. The van der Waals surface area contributed by atoms with Crippen LogP contribution in [-0.2, 0) is 0 Å². The Balaban J connectivity index is 1.40. The summed E-state index contributed by atoms with van der Waals surface area (Å²) in [6.45, 7) is 0. The monoisotopic (exact) mass is 446 g/mol. The largest absolute Gasteiger partial charge is 0.322 e. The van der Waals surface area contributed by atoms with Crippen molar-refractivity contribution in [3.8, 4) is 0 Å². The fourth-order valence-electron chi connectivity index (χ4n) is 4.19. The molecule has 5 nitrogen and oxygen atoms in total. The molecule has 166 valence electrons. The van der Waals surface area contributed by atoms with Crippen molar-refractivity contribution in [3.05, 3.63) is 138 Å². The number of nitrogens with one attached hydrogen (secondary N) is 1. The number of carbonyl (C=O) groups excluding carboxylic acids is 3. The van der Waals surface area contributed by atoms with Crippen LogP contribution in [0.4, 0.5) is 5.69 Å². The van der Waals surface area contributed by atoms with Crippen molar-refractivity contribution in [2.24, 2.45) is 0 Å². The molecule has 0 saturated carbocycles. The quantitative estimate of drug-likeness (QED) is 0.319. The number of rotatable bonds is 6. The molecule has 5 rings (SSSR count). The molecule has 1 fully saturated rings. The van der Waals surface area contributed by atoms with Gasteiger partial charge in [0, 0.05) is 22.4 Å². The first kappa shape index (κ1) is 21.3. The fourth-order valence-corrected chi connectivity index (χ4v) is 4.19. The lowest BCUT2D eigenvalue weighted by Gasteiger charge is -2.09. The lowest BCUT2D eigenvalue weighted by atomic mass is 10.0. The van der Waals surface area contributed by atoms with E-state index in [1.54, 1.807) is 65.6 Å². The molecule has 1 heterocycles. The van der Waals surface area contributed by atoms with Crippen LogP contribution >= 0.6 is 0 Å². The number of benzene rings is 4. The second kappa shape index (κ2) is 9.16. The van der Waals surface area contributed by atoms with Crippen LogP contribution in [0.5, 0.6) is 0 Å². The Hall–Kier alpha value is -4.51. The minimum atomic E-state index is -0.570. The third kappa shape index (κ3) is 4.24. The summed E-state index contributed by atoms with van der Waals surface area (Å²) in [4.78, 5) is 40.9. The molecule has 1 saturated heterocycles. The van der Waals surface area contributed by atoms with Crippen molar-refractivity contribution in [3.63, 3.8) is 0 Å². The Morgan fingerprint density at radius 3 is 1.82 bits per heavy atom. The van der Waals surface area contributed by atoms with Crippen LogP contribution in [0, 0.1) is 0 Å². The summed E-state index contributed by atoms with van der Waals surface area (Å²) in [6.07, 6.45) is 0. The van der Waals surface area contributed by atoms with Crippen molar-refractivity contribution in [2.75, 3.05) is 5.32 Å². The maximum absolute atomic E-state index is 13.5. The molecule has 0 unspecified atom stereocenters. The van der Waals surface area contributed by atoms with E-state index in [2.05, 4.69) is 5.32 Å². The molecule has 4 aromatic carbocycles. The Kier molecular flexibility index (Phi) is 5.75. The van der Waals surface area contributed by atoms with Crippen molar-refractivity contribution < 1.29 is 14.4 Å². The van der Waals surface area contributed by atoms with Crippen LogP contribution in [0.15, 0.2) is 115 Å². The van der Waals surface area contributed by atoms with E-state index >= 15 is 0 Å². The number of hydrogen-bond acceptors (Lipinski definition) is 3. The van der Waals surface area contributed by atoms with Crippen molar-refractivity contribution in [1.29, 1.82) is 0 Å². The number of hydrogen-bond donors (Lipinski definition) is 1. The molecule has 1 aliphatic heterocycles. The summed E-state index contributed by atoms with van der Waals surface area (Å²) in [5, 5.41) is 2.84. The van der Waals surface area contributed by atoms with Crippen molar-refractivity contribution in [2.45, 2.75) is 12.1 Å². The maximum atomic E-state index is 13.5. The summed E-state index contributed by atoms with van der Waals surface area (Å²) in [7, 11) is 0. The highest BCUT2D eigenvalue weighted by Gasteiger charge is 2.56. The van der Waals surface area contributed by atoms with Gasteiger partial charge in [0.25, 0.3) is 11.8 Å². The molecule has 0 radical (unpaired) electrons. The Morgan fingerprint density at radius 2 is 1.18 bits per heavy atom. The van der Waals surface area contributed by atoms with Gasteiger partial charge in [-0.1, -0.05) is 84.9 Å². The van der Waals surface area contributed by atoms with E-state index in [0.29, 0.717) is 22.4 Å². The van der Waals surface area contributed by atoms with Crippen LogP contribution in [0.1, 0.15) is 42.7 Å². The third-order valence-electron chi connectivity index (χ3n) is 5.91. The number of anilines is 1. The zero-order chi connectivity index (χ0) is 23.5. The van der Waals surface area contributed by atoms with Gasteiger partial charge >= 0.3 is 0 Å². The van der Waals surface area contributed by atoms with Gasteiger partial charge in [-0.15, -0.1) is 0 Å². The minimum Gasteiger partial charge on any atom is -0.322 e. The number of nitrogens with zero attached hydrogens (tertiary/aromatic N) is 1. The standard InChI is InChI=1S/C29H22N2O3/c32-27(21-13-6-2-7-14-21)26-25(20-11-4-1-5-12-20)31(26)29(34)23-17-10-18-24(19-23)30-28(33)22-15-8-3-9-16-22/h1-19,25-26H,(H,30,33)/t25-,26-,31?/m0/s1. The average molecular weight is 447 g/mol. The molecule has 1 aliphatic rings. The highest BCUT2D eigenvalue weighted by atomic mass is 16.2. The molecule has 4 aromatic rings. The van der Waals surface area contributed by atoms with Gasteiger partial charge in [-0.3, -0.25) is 14.4 Å². The molecule has 2 amide bonds. The fraction of sp³-hybridized carbons (Fsp3) is 0.0690. The Labute approximate surface area is 197 Å². The van der Waals surface area contributed by atoms with Gasteiger partial charge in [-0.25, -0.2) is 0 Å². The minimum absolute atomic E-state index is 0.0867. The summed E-state index contributed by atoms with van der Waals surface area (Å²) in [6, 6.07) is 33.4. The number of carbonyl (C=O) groups is 3. The predicted octanol–water partition coefficient (Wildman–Crippen LogP) is 5.39. The zero-order valence-electron chi connectivity index (χ0n) is 18.3. The molecule has 0 aromatic heterocycles. The van der Waals surface area contributed by atoms with E-state index in [1.165, 1.54) is 0 Å². The van der Waals surface area contributed by atoms with Gasteiger partial charge < -0.3 is 10.2 Å². The zero-order valence-corrected chi connectivity index (χ0v) is 18.3. The van der Waals surface area contributed by atoms with Gasteiger partial charge in [0.1, 0.15) is 6.04 Å². The highest BCUT2D eigenvalue weighted by molar-refractivity contribution is 6.09. The molecule has 5 heteroatoms. The van der Waals surface area contributed by atoms with Crippen molar-refractivity contribution >= 4 is 23.3 Å². The van der Waals surface area contributed by atoms with Gasteiger partial charge in [-0.2, -0.15) is 0 Å². The molecular formula is C29H22N2O3. The van der Waals surface area contributed by atoms with Gasteiger partial charge in [-0.05, 0) is 35.9 Å². The third-order valence-corrected chi connectivity index (χ3v) is 5.91. The second-order valence-corrected chi connectivity index (χ2v) is 8.14. The van der Waals surface area contributed by atoms with Crippen LogP contribution < -0.4 is 5.32 Å². The molecule has 0 aliphatic carbocycles. The first-order valence-electron chi connectivity index (χ1n) is 11.1. The van der Waals surface area contributed by atoms with Crippen molar-refractivity contribution in [1.82, 2.24) is 4.90 Å². The van der Waals surface area contributed by atoms with E-state index in [-0.39, 0.29) is 23.6 Å². The molecule has 0 bridgehead atoms. The lowest BCUT2D eigenvalue weighted by Crippen LogP contribution is -2.19. The van der Waals surface area contributed by atoms with E-state index in [1.807, 2.05) is 54.6 Å².